The summed E-state index contributed by atoms with van der Waals surface area (Å²) in [6, 6.07) is -0.140. The van der Waals surface area contributed by atoms with Crippen LogP contribution in [0.15, 0.2) is 0 Å². The molecule has 0 saturated carbocycles. The van der Waals surface area contributed by atoms with Crippen LogP contribution in [-0.4, -0.2) is 54.3 Å². The second-order valence-corrected chi connectivity index (χ2v) is 6.84. The van der Waals surface area contributed by atoms with Crippen molar-refractivity contribution in [3.05, 3.63) is 0 Å². The SMILES string of the molecule is CC(C)N(C)S(=O)(=O)N1C[C@@H](C)[C@H](C(=O)O)C1. The molecule has 0 unspecified atom stereocenters. The van der Waals surface area contributed by atoms with Crippen molar-refractivity contribution in [3.8, 4) is 0 Å². The zero-order valence-corrected chi connectivity index (χ0v) is 11.4. The van der Waals surface area contributed by atoms with E-state index in [1.165, 1.54) is 15.7 Å². The van der Waals surface area contributed by atoms with Crippen molar-refractivity contribution in [2.75, 3.05) is 20.1 Å². The molecule has 7 heteroatoms. The number of carboxylic acids is 1. The van der Waals surface area contributed by atoms with Gasteiger partial charge in [-0.2, -0.15) is 17.0 Å². The molecule has 0 spiro atoms. The number of carboxylic acid groups (broad SMARTS) is 1. The molecule has 1 aliphatic heterocycles. The number of carbonyl (C=O) groups is 1. The van der Waals surface area contributed by atoms with E-state index in [4.69, 9.17) is 5.11 Å². The Morgan fingerprint density at radius 1 is 1.41 bits per heavy atom. The smallest absolute Gasteiger partial charge is 0.308 e. The Hall–Kier alpha value is -0.660. The fraction of sp³-hybridized carbons (Fsp3) is 0.900. The monoisotopic (exact) mass is 264 g/mol. The van der Waals surface area contributed by atoms with Crippen molar-refractivity contribution >= 4 is 16.2 Å². The molecular formula is C10H20N2O4S. The average Bonchev–Trinajstić information content (AvgIpc) is 2.59. The summed E-state index contributed by atoms with van der Waals surface area (Å²) in [4.78, 5) is 11.0. The van der Waals surface area contributed by atoms with Gasteiger partial charge in [-0.25, -0.2) is 0 Å². The van der Waals surface area contributed by atoms with E-state index in [0.29, 0.717) is 0 Å². The standard InChI is InChI=1S/C10H20N2O4S/c1-7(2)11(4)17(15,16)12-5-8(3)9(6-12)10(13)14/h7-9H,5-6H2,1-4H3,(H,13,14)/t8-,9-/m1/s1. The maximum absolute atomic E-state index is 12.1. The maximum Gasteiger partial charge on any atom is 0.308 e. The zero-order valence-electron chi connectivity index (χ0n) is 10.6. The van der Waals surface area contributed by atoms with Crippen molar-refractivity contribution in [1.29, 1.82) is 0 Å². The van der Waals surface area contributed by atoms with Crippen LogP contribution in [0, 0.1) is 11.8 Å². The fourth-order valence-corrected chi connectivity index (χ4v) is 3.55. The van der Waals surface area contributed by atoms with Crippen LogP contribution in [0.2, 0.25) is 0 Å². The van der Waals surface area contributed by atoms with Crippen molar-refractivity contribution in [2.24, 2.45) is 11.8 Å². The molecule has 0 aliphatic carbocycles. The second-order valence-electron chi connectivity index (χ2n) is 4.86. The van der Waals surface area contributed by atoms with E-state index in [0.717, 1.165) is 0 Å². The van der Waals surface area contributed by atoms with Gasteiger partial charge in [0.25, 0.3) is 10.2 Å². The molecule has 0 aromatic carbocycles. The first kappa shape index (κ1) is 14.4. The van der Waals surface area contributed by atoms with E-state index < -0.39 is 22.1 Å². The minimum absolute atomic E-state index is 0.0654. The fourth-order valence-electron chi connectivity index (χ4n) is 1.88. The molecule has 1 N–H and O–H groups in total. The first-order valence-electron chi connectivity index (χ1n) is 5.63. The normalized spacial score (nSPS) is 26.9. The highest BCUT2D eigenvalue weighted by Gasteiger charge is 2.41. The summed E-state index contributed by atoms with van der Waals surface area (Å²) in [5, 5.41) is 8.98. The van der Waals surface area contributed by atoms with E-state index in [-0.39, 0.29) is 25.0 Å². The topological polar surface area (TPSA) is 77.9 Å². The number of nitrogens with zero attached hydrogens (tertiary/aromatic N) is 2. The predicted octanol–water partition coefficient (Wildman–Crippen LogP) is 0.224. The van der Waals surface area contributed by atoms with E-state index in [1.54, 1.807) is 20.8 Å². The predicted molar refractivity (Wildman–Crippen MR) is 63.7 cm³/mol. The molecule has 1 heterocycles. The Balaban J connectivity index is 2.87. The Kier molecular flexibility index (Phi) is 4.16. The number of hydrogen-bond acceptors (Lipinski definition) is 3. The van der Waals surface area contributed by atoms with E-state index in [2.05, 4.69) is 0 Å². The highest BCUT2D eigenvalue weighted by Crippen LogP contribution is 2.26. The van der Waals surface area contributed by atoms with Crippen LogP contribution in [0.1, 0.15) is 20.8 Å². The quantitative estimate of drug-likeness (QED) is 0.788. The third-order valence-electron chi connectivity index (χ3n) is 3.31. The molecule has 6 nitrogen and oxygen atoms in total. The lowest BCUT2D eigenvalue weighted by molar-refractivity contribution is -0.142. The molecule has 1 aliphatic rings. The van der Waals surface area contributed by atoms with Gasteiger partial charge in [0.15, 0.2) is 0 Å². The molecule has 0 amide bonds. The lowest BCUT2D eigenvalue weighted by Gasteiger charge is -2.26. The summed E-state index contributed by atoms with van der Waals surface area (Å²) in [5.41, 5.74) is 0. The van der Waals surface area contributed by atoms with E-state index in [1.807, 2.05) is 0 Å². The summed E-state index contributed by atoms with van der Waals surface area (Å²) in [6.07, 6.45) is 0. The summed E-state index contributed by atoms with van der Waals surface area (Å²) < 4.78 is 26.8. The first-order chi connectivity index (χ1) is 7.67. The molecule has 0 aromatic rings. The highest BCUT2D eigenvalue weighted by atomic mass is 32.2. The zero-order chi connectivity index (χ0) is 13.4. The summed E-state index contributed by atoms with van der Waals surface area (Å²) >= 11 is 0. The molecule has 17 heavy (non-hydrogen) atoms. The van der Waals surface area contributed by atoms with E-state index >= 15 is 0 Å². The van der Waals surface area contributed by atoms with Gasteiger partial charge in [0, 0.05) is 26.2 Å². The molecule has 1 saturated heterocycles. The van der Waals surface area contributed by atoms with Gasteiger partial charge in [0.2, 0.25) is 0 Å². The van der Waals surface area contributed by atoms with Crippen LogP contribution in [0.5, 0.6) is 0 Å². The first-order valence-corrected chi connectivity index (χ1v) is 7.03. The molecule has 0 aromatic heterocycles. The average molecular weight is 264 g/mol. The maximum atomic E-state index is 12.1. The summed E-state index contributed by atoms with van der Waals surface area (Å²) in [6.45, 7) is 5.67. The highest BCUT2D eigenvalue weighted by molar-refractivity contribution is 7.86. The van der Waals surface area contributed by atoms with Gasteiger partial charge in [0.05, 0.1) is 5.92 Å². The molecule has 1 fully saturated rings. The Labute approximate surface area is 102 Å². The van der Waals surface area contributed by atoms with Crippen molar-refractivity contribution in [3.63, 3.8) is 0 Å². The van der Waals surface area contributed by atoms with Gasteiger partial charge in [-0.05, 0) is 19.8 Å². The van der Waals surface area contributed by atoms with Crippen LogP contribution in [0.3, 0.4) is 0 Å². The van der Waals surface area contributed by atoms with Crippen molar-refractivity contribution in [2.45, 2.75) is 26.8 Å². The minimum Gasteiger partial charge on any atom is -0.481 e. The van der Waals surface area contributed by atoms with Gasteiger partial charge in [-0.3, -0.25) is 4.79 Å². The molecule has 1 rings (SSSR count). The van der Waals surface area contributed by atoms with Gasteiger partial charge in [-0.1, -0.05) is 6.92 Å². The van der Waals surface area contributed by atoms with Crippen LogP contribution in [-0.2, 0) is 15.0 Å². The lowest BCUT2D eigenvalue weighted by atomic mass is 9.99. The third kappa shape index (κ3) is 2.78. The van der Waals surface area contributed by atoms with E-state index in [9.17, 15) is 13.2 Å². The molecular weight excluding hydrogens is 244 g/mol. The van der Waals surface area contributed by atoms with Crippen LogP contribution in [0.4, 0.5) is 0 Å². The van der Waals surface area contributed by atoms with Crippen molar-refractivity contribution in [1.82, 2.24) is 8.61 Å². The summed E-state index contributed by atoms with van der Waals surface area (Å²) in [7, 11) is -2.02. The number of hydrogen-bond donors (Lipinski definition) is 1. The van der Waals surface area contributed by atoms with Crippen LogP contribution in [0.25, 0.3) is 0 Å². The number of rotatable bonds is 4. The second kappa shape index (κ2) is 4.91. The molecule has 2 atom stereocenters. The van der Waals surface area contributed by atoms with Gasteiger partial charge in [-0.15, -0.1) is 0 Å². The number of aliphatic carboxylic acids is 1. The molecule has 0 bridgehead atoms. The van der Waals surface area contributed by atoms with Crippen LogP contribution < -0.4 is 0 Å². The summed E-state index contributed by atoms with van der Waals surface area (Å²) in [5.74, 6) is -1.68. The Morgan fingerprint density at radius 3 is 2.29 bits per heavy atom. The van der Waals surface area contributed by atoms with Gasteiger partial charge >= 0.3 is 5.97 Å². The largest absolute Gasteiger partial charge is 0.481 e. The molecule has 0 radical (unpaired) electrons. The lowest BCUT2D eigenvalue weighted by Crippen LogP contribution is -2.44. The Morgan fingerprint density at radius 2 is 1.94 bits per heavy atom. The van der Waals surface area contributed by atoms with Gasteiger partial charge < -0.3 is 5.11 Å². The minimum atomic E-state index is -3.53. The van der Waals surface area contributed by atoms with Gasteiger partial charge in [0.1, 0.15) is 0 Å². The molecule has 100 valence electrons. The van der Waals surface area contributed by atoms with Crippen molar-refractivity contribution < 1.29 is 18.3 Å². The van der Waals surface area contributed by atoms with Crippen LogP contribution >= 0.6 is 0 Å². The third-order valence-corrected chi connectivity index (χ3v) is 5.41. The Bertz CT molecular complexity index is 393.